The van der Waals surface area contributed by atoms with Crippen LogP contribution in [0.2, 0.25) is 0 Å². The van der Waals surface area contributed by atoms with Crippen molar-refractivity contribution in [3.05, 3.63) is 0 Å². The fraction of sp³-hybridized carbons (Fsp3) is 0.882. The van der Waals surface area contributed by atoms with Crippen molar-refractivity contribution in [3.63, 3.8) is 0 Å². The summed E-state index contributed by atoms with van der Waals surface area (Å²) in [5, 5.41) is 3.21. The third-order valence-corrected chi connectivity index (χ3v) is 5.67. The number of nitrogens with one attached hydrogen (secondary N) is 1. The van der Waals surface area contributed by atoms with E-state index in [4.69, 9.17) is 0 Å². The van der Waals surface area contributed by atoms with Crippen LogP contribution in [0.25, 0.3) is 0 Å². The van der Waals surface area contributed by atoms with E-state index in [1.54, 1.807) is 0 Å². The summed E-state index contributed by atoms with van der Waals surface area (Å²) >= 11 is 0. The molecule has 118 valence electrons. The van der Waals surface area contributed by atoms with E-state index in [2.05, 4.69) is 19.2 Å². The number of nitrogens with zero attached hydrogens (tertiary/aromatic N) is 1. The van der Waals surface area contributed by atoms with Gasteiger partial charge in [-0.3, -0.25) is 9.59 Å². The molecule has 1 aliphatic heterocycles. The van der Waals surface area contributed by atoms with E-state index < -0.39 is 0 Å². The topological polar surface area (TPSA) is 49.4 Å². The molecule has 3 unspecified atom stereocenters. The van der Waals surface area contributed by atoms with Gasteiger partial charge in [-0.2, -0.15) is 0 Å². The quantitative estimate of drug-likeness (QED) is 0.844. The van der Waals surface area contributed by atoms with Crippen molar-refractivity contribution in [3.8, 4) is 0 Å². The van der Waals surface area contributed by atoms with Crippen LogP contribution >= 0.6 is 0 Å². The molecule has 3 rings (SSSR count). The molecule has 0 aromatic rings. The van der Waals surface area contributed by atoms with Gasteiger partial charge in [-0.25, -0.2) is 0 Å². The molecule has 3 aliphatic rings. The first-order valence-corrected chi connectivity index (χ1v) is 8.50. The summed E-state index contributed by atoms with van der Waals surface area (Å²) in [6.07, 6.45) is 5.66. The molecule has 0 spiro atoms. The van der Waals surface area contributed by atoms with Crippen LogP contribution in [0.1, 0.15) is 52.9 Å². The van der Waals surface area contributed by atoms with Gasteiger partial charge in [0.1, 0.15) is 0 Å². The van der Waals surface area contributed by atoms with E-state index in [0.717, 1.165) is 13.0 Å². The Morgan fingerprint density at radius 2 is 1.67 bits per heavy atom. The largest absolute Gasteiger partial charge is 0.349 e. The second kappa shape index (κ2) is 5.29. The lowest BCUT2D eigenvalue weighted by molar-refractivity contribution is -0.135. The molecule has 4 nitrogen and oxygen atoms in total. The molecule has 3 atom stereocenters. The van der Waals surface area contributed by atoms with Crippen LogP contribution in [0.15, 0.2) is 0 Å². The predicted octanol–water partition coefficient (Wildman–Crippen LogP) is 2.19. The Labute approximate surface area is 127 Å². The first kappa shape index (κ1) is 14.9. The first-order valence-electron chi connectivity index (χ1n) is 8.50. The van der Waals surface area contributed by atoms with Crippen molar-refractivity contribution >= 4 is 11.8 Å². The maximum Gasteiger partial charge on any atom is 0.225 e. The first-order chi connectivity index (χ1) is 9.89. The van der Waals surface area contributed by atoms with Crippen molar-refractivity contribution in [1.82, 2.24) is 10.2 Å². The molecule has 0 bridgehead atoms. The van der Waals surface area contributed by atoms with Gasteiger partial charge in [0.2, 0.25) is 11.8 Å². The Hall–Kier alpha value is -1.06. The Morgan fingerprint density at radius 1 is 1.10 bits per heavy atom. The summed E-state index contributed by atoms with van der Waals surface area (Å²) < 4.78 is 0. The summed E-state index contributed by atoms with van der Waals surface area (Å²) in [6.45, 7) is 7.63. The highest BCUT2D eigenvalue weighted by Crippen LogP contribution is 2.39. The molecule has 0 aromatic carbocycles. The van der Waals surface area contributed by atoms with Gasteiger partial charge in [0, 0.05) is 24.9 Å². The van der Waals surface area contributed by atoms with Gasteiger partial charge in [0.05, 0.1) is 5.54 Å². The summed E-state index contributed by atoms with van der Waals surface area (Å²) in [5.41, 5.74) is -0.237. The van der Waals surface area contributed by atoms with Crippen LogP contribution in [0.3, 0.4) is 0 Å². The number of amides is 2. The Bertz CT molecular complexity index is 442. The van der Waals surface area contributed by atoms with Crippen molar-refractivity contribution in [1.29, 1.82) is 0 Å². The molecule has 1 heterocycles. The van der Waals surface area contributed by atoms with E-state index in [9.17, 15) is 9.59 Å². The fourth-order valence-corrected chi connectivity index (χ4v) is 3.56. The monoisotopic (exact) mass is 292 g/mol. The van der Waals surface area contributed by atoms with Gasteiger partial charge >= 0.3 is 0 Å². The molecule has 0 aromatic heterocycles. The van der Waals surface area contributed by atoms with Gasteiger partial charge in [-0.05, 0) is 50.9 Å². The molecule has 2 amide bonds. The van der Waals surface area contributed by atoms with Gasteiger partial charge in [0.25, 0.3) is 0 Å². The molecular weight excluding hydrogens is 264 g/mol. The molecule has 1 saturated heterocycles. The molecule has 2 saturated carbocycles. The van der Waals surface area contributed by atoms with Crippen LogP contribution in [0, 0.1) is 23.7 Å². The number of hydrogen-bond donors (Lipinski definition) is 1. The zero-order valence-electron chi connectivity index (χ0n) is 13.5. The number of carbonyl (C=O) groups excluding carboxylic acids is 2. The van der Waals surface area contributed by atoms with E-state index in [1.165, 1.54) is 25.7 Å². The lowest BCUT2D eigenvalue weighted by Crippen LogP contribution is -2.50. The minimum atomic E-state index is -0.237. The second-order valence-corrected chi connectivity index (χ2v) is 7.81. The normalized spacial score (nSPS) is 31.9. The molecule has 4 heteroatoms. The van der Waals surface area contributed by atoms with Gasteiger partial charge in [0.15, 0.2) is 0 Å². The van der Waals surface area contributed by atoms with E-state index >= 15 is 0 Å². The standard InChI is InChI=1S/C17H28N2O2/c1-11(13-4-5-13)15(20)18-17(3)8-9-19(10-17)16(21)12(2)14-6-7-14/h11-14H,4-10H2,1-3H3,(H,18,20). The van der Waals surface area contributed by atoms with Gasteiger partial charge in [-0.1, -0.05) is 13.8 Å². The summed E-state index contributed by atoms with van der Waals surface area (Å²) in [7, 11) is 0. The highest BCUT2D eigenvalue weighted by atomic mass is 16.2. The van der Waals surface area contributed by atoms with Crippen molar-refractivity contribution in [2.24, 2.45) is 23.7 Å². The average Bonchev–Trinajstić information content (AvgIpc) is 3.34. The molecule has 3 fully saturated rings. The average molecular weight is 292 g/mol. The molecule has 21 heavy (non-hydrogen) atoms. The van der Waals surface area contributed by atoms with Crippen LogP contribution in [-0.2, 0) is 9.59 Å². The molecule has 2 aliphatic carbocycles. The molecule has 0 radical (unpaired) electrons. The number of likely N-dealkylation sites (tertiary alicyclic amines) is 1. The van der Waals surface area contributed by atoms with Crippen molar-refractivity contribution in [2.45, 2.75) is 58.4 Å². The van der Waals surface area contributed by atoms with Crippen LogP contribution in [0.4, 0.5) is 0 Å². The second-order valence-electron chi connectivity index (χ2n) is 7.81. The van der Waals surface area contributed by atoms with Gasteiger partial charge in [-0.15, -0.1) is 0 Å². The van der Waals surface area contributed by atoms with Crippen LogP contribution in [-0.4, -0.2) is 35.3 Å². The zero-order valence-corrected chi connectivity index (χ0v) is 13.5. The third kappa shape index (κ3) is 3.24. The van der Waals surface area contributed by atoms with Crippen molar-refractivity contribution < 1.29 is 9.59 Å². The molecule has 1 N–H and O–H groups in total. The summed E-state index contributed by atoms with van der Waals surface area (Å²) in [6, 6.07) is 0. The summed E-state index contributed by atoms with van der Waals surface area (Å²) in [5.74, 6) is 1.93. The lowest BCUT2D eigenvalue weighted by atomic mass is 9.98. The number of rotatable bonds is 5. The maximum absolute atomic E-state index is 12.5. The number of hydrogen-bond acceptors (Lipinski definition) is 2. The highest BCUT2D eigenvalue weighted by molar-refractivity contribution is 5.81. The van der Waals surface area contributed by atoms with E-state index in [0.29, 0.717) is 18.4 Å². The predicted molar refractivity (Wildman–Crippen MR) is 81.5 cm³/mol. The Balaban J connectivity index is 1.54. The molecular formula is C17H28N2O2. The van der Waals surface area contributed by atoms with Crippen LogP contribution in [0.5, 0.6) is 0 Å². The van der Waals surface area contributed by atoms with Crippen molar-refractivity contribution in [2.75, 3.05) is 13.1 Å². The smallest absolute Gasteiger partial charge is 0.225 e. The summed E-state index contributed by atoms with van der Waals surface area (Å²) in [4.78, 5) is 26.7. The van der Waals surface area contributed by atoms with Crippen LogP contribution < -0.4 is 5.32 Å². The Kier molecular flexibility index (Phi) is 3.74. The Morgan fingerprint density at radius 3 is 2.24 bits per heavy atom. The highest BCUT2D eigenvalue weighted by Gasteiger charge is 2.43. The lowest BCUT2D eigenvalue weighted by Gasteiger charge is -2.28. The minimum Gasteiger partial charge on any atom is -0.349 e. The minimum absolute atomic E-state index is 0.122. The SMILES string of the molecule is CC(C(=O)NC1(C)CCN(C(=O)C(C)C2CC2)C1)C1CC1. The van der Waals surface area contributed by atoms with E-state index in [1.807, 2.05) is 11.8 Å². The number of carbonyl (C=O) groups is 2. The third-order valence-electron chi connectivity index (χ3n) is 5.67. The fourth-order valence-electron chi connectivity index (χ4n) is 3.56. The van der Waals surface area contributed by atoms with E-state index in [-0.39, 0.29) is 29.2 Å². The van der Waals surface area contributed by atoms with Gasteiger partial charge < -0.3 is 10.2 Å². The maximum atomic E-state index is 12.5. The zero-order chi connectivity index (χ0) is 15.2.